The van der Waals surface area contributed by atoms with Crippen LogP contribution in [-0.2, 0) is 0 Å². The van der Waals surface area contributed by atoms with E-state index in [9.17, 15) is 0 Å². The molecule has 3 unspecified atom stereocenters. The van der Waals surface area contributed by atoms with Crippen LogP contribution in [0.1, 0.15) is 54.0 Å². The molecule has 3 atom stereocenters. The highest BCUT2D eigenvalue weighted by Crippen LogP contribution is 2.39. The summed E-state index contributed by atoms with van der Waals surface area (Å²) in [7, 11) is 2.12. The van der Waals surface area contributed by atoms with E-state index in [0.717, 1.165) is 11.8 Å². The van der Waals surface area contributed by atoms with Gasteiger partial charge in [0.2, 0.25) is 0 Å². The Balaban J connectivity index is 2.15. The number of aryl methyl sites for hydroxylation is 2. The first-order valence-electron chi connectivity index (χ1n) is 6.86. The predicted molar refractivity (Wildman–Crippen MR) is 76.7 cm³/mol. The molecule has 1 heterocycles. The molecule has 0 radical (unpaired) electrons. The molecule has 0 spiro atoms. The van der Waals surface area contributed by atoms with E-state index in [2.05, 4.69) is 39.2 Å². The summed E-state index contributed by atoms with van der Waals surface area (Å²) in [4.78, 5) is 3.02. The second kappa shape index (κ2) is 5.53. The molecule has 2 heteroatoms. The molecule has 1 aliphatic carbocycles. The molecule has 1 nitrogen and oxygen atoms in total. The maximum atomic E-state index is 3.56. The molecule has 1 aliphatic rings. The Hall–Kier alpha value is -0.340. The number of thiophene rings is 1. The van der Waals surface area contributed by atoms with Crippen LogP contribution in [0.15, 0.2) is 6.07 Å². The maximum Gasteiger partial charge on any atom is 0.0441 e. The van der Waals surface area contributed by atoms with Gasteiger partial charge in [0.05, 0.1) is 0 Å². The number of hydrogen-bond acceptors (Lipinski definition) is 2. The Morgan fingerprint density at radius 3 is 2.65 bits per heavy atom. The molecule has 0 aromatic carbocycles. The average molecular weight is 251 g/mol. The van der Waals surface area contributed by atoms with Crippen LogP contribution in [0.5, 0.6) is 0 Å². The van der Waals surface area contributed by atoms with Crippen molar-refractivity contribution < 1.29 is 0 Å². The zero-order chi connectivity index (χ0) is 12.4. The highest BCUT2D eigenvalue weighted by molar-refractivity contribution is 7.12. The van der Waals surface area contributed by atoms with Gasteiger partial charge >= 0.3 is 0 Å². The second-order valence-electron chi connectivity index (χ2n) is 5.69. The average Bonchev–Trinajstić information content (AvgIpc) is 2.60. The first kappa shape index (κ1) is 13.1. The third-order valence-corrected chi connectivity index (χ3v) is 5.49. The van der Waals surface area contributed by atoms with Crippen LogP contribution in [0.4, 0.5) is 0 Å². The minimum atomic E-state index is 0.579. The fourth-order valence-corrected chi connectivity index (χ4v) is 4.40. The molecule has 1 N–H and O–H groups in total. The Bertz CT molecular complexity index is 349. The lowest BCUT2D eigenvalue weighted by Gasteiger charge is -2.32. The Labute approximate surface area is 110 Å². The van der Waals surface area contributed by atoms with Crippen LogP contribution >= 0.6 is 11.3 Å². The fourth-order valence-electron chi connectivity index (χ4n) is 3.15. The van der Waals surface area contributed by atoms with Gasteiger partial charge in [-0.3, -0.25) is 0 Å². The van der Waals surface area contributed by atoms with E-state index in [1.54, 1.807) is 4.88 Å². The van der Waals surface area contributed by atoms with Crippen molar-refractivity contribution in [2.45, 2.75) is 52.5 Å². The van der Waals surface area contributed by atoms with Crippen LogP contribution in [0.2, 0.25) is 0 Å². The lowest BCUT2D eigenvalue weighted by Crippen LogP contribution is -2.28. The third kappa shape index (κ3) is 2.92. The summed E-state index contributed by atoms with van der Waals surface area (Å²) < 4.78 is 0. The van der Waals surface area contributed by atoms with Gasteiger partial charge in [-0.05, 0) is 57.2 Å². The van der Waals surface area contributed by atoms with E-state index in [0.29, 0.717) is 6.04 Å². The molecule has 2 rings (SSSR count). The highest BCUT2D eigenvalue weighted by atomic mass is 32.1. The molecule has 1 saturated carbocycles. The van der Waals surface area contributed by atoms with Gasteiger partial charge in [0.25, 0.3) is 0 Å². The van der Waals surface area contributed by atoms with E-state index in [-0.39, 0.29) is 0 Å². The largest absolute Gasteiger partial charge is 0.312 e. The summed E-state index contributed by atoms with van der Waals surface area (Å²) >= 11 is 1.98. The van der Waals surface area contributed by atoms with Gasteiger partial charge in [-0.2, -0.15) is 0 Å². The van der Waals surface area contributed by atoms with Gasteiger partial charge in [0.1, 0.15) is 0 Å². The molecule has 17 heavy (non-hydrogen) atoms. The van der Waals surface area contributed by atoms with E-state index in [1.165, 1.54) is 36.1 Å². The summed E-state index contributed by atoms with van der Waals surface area (Å²) in [6.45, 7) is 6.87. The molecule has 0 bridgehead atoms. The summed E-state index contributed by atoms with van der Waals surface area (Å²) in [5.41, 5.74) is 1.45. The summed E-state index contributed by atoms with van der Waals surface area (Å²) in [6.07, 6.45) is 5.62. The minimum absolute atomic E-state index is 0.579. The topological polar surface area (TPSA) is 12.0 Å². The molecule has 0 saturated heterocycles. The van der Waals surface area contributed by atoms with Crippen molar-refractivity contribution in [2.75, 3.05) is 7.05 Å². The van der Waals surface area contributed by atoms with Crippen molar-refractivity contribution in [1.29, 1.82) is 0 Å². The van der Waals surface area contributed by atoms with Crippen molar-refractivity contribution in [3.63, 3.8) is 0 Å². The molecule has 0 amide bonds. The van der Waals surface area contributed by atoms with Gasteiger partial charge in [0, 0.05) is 15.8 Å². The van der Waals surface area contributed by atoms with E-state index >= 15 is 0 Å². The Morgan fingerprint density at radius 1 is 1.35 bits per heavy atom. The fraction of sp³-hybridized carbons (Fsp3) is 0.733. The number of hydrogen-bond donors (Lipinski definition) is 1. The molecule has 96 valence electrons. The van der Waals surface area contributed by atoms with E-state index in [4.69, 9.17) is 0 Å². The monoisotopic (exact) mass is 251 g/mol. The van der Waals surface area contributed by atoms with Crippen molar-refractivity contribution in [2.24, 2.45) is 11.8 Å². The predicted octanol–water partition coefficient (Wildman–Crippen LogP) is 4.45. The third-order valence-electron chi connectivity index (χ3n) is 4.25. The van der Waals surface area contributed by atoms with Crippen LogP contribution in [0.3, 0.4) is 0 Å². The first-order valence-corrected chi connectivity index (χ1v) is 7.67. The van der Waals surface area contributed by atoms with Gasteiger partial charge < -0.3 is 5.32 Å². The van der Waals surface area contributed by atoms with Gasteiger partial charge in [0.15, 0.2) is 0 Å². The van der Waals surface area contributed by atoms with Crippen LogP contribution in [0, 0.1) is 25.7 Å². The van der Waals surface area contributed by atoms with Crippen molar-refractivity contribution >= 4 is 11.3 Å². The quantitative estimate of drug-likeness (QED) is 0.837. The Morgan fingerprint density at radius 2 is 2.12 bits per heavy atom. The van der Waals surface area contributed by atoms with Crippen molar-refractivity contribution in [1.82, 2.24) is 5.32 Å². The van der Waals surface area contributed by atoms with Crippen LogP contribution < -0.4 is 5.32 Å². The number of rotatable bonds is 3. The standard InChI is InChI=1S/C15H25NS/c1-10-6-5-7-13(8-10)15(16-4)14-9-11(2)12(3)17-14/h9-10,13,15-16H,5-8H2,1-4H3. The first-order chi connectivity index (χ1) is 8.11. The molecule has 0 aliphatic heterocycles. The summed E-state index contributed by atoms with van der Waals surface area (Å²) in [5.74, 6) is 1.74. The number of nitrogens with one attached hydrogen (secondary N) is 1. The molecule has 1 fully saturated rings. The molecule has 1 aromatic heterocycles. The SMILES string of the molecule is CNC(c1cc(C)c(C)s1)C1CCCC(C)C1. The lowest BCUT2D eigenvalue weighted by atomic mass is 9.78. The van der Waals surface area contributed by atoms with Gasteiger partial charge in [-0.15, -0.1) is 11.3 Å². The normalized spacial score (nSPS) is 27.1. The molecular weight excluding hydrogens is 226 g/mol. The lowest BCUT2D eigenvalue weighted by molar-refractivity contribution is 0.232. The van der Waals surface area contributed by atoms with Gasteiger partial charge in [-0.25, -0.2) is 0 Å². The maximum absolute atomic E-state index is 3.56. The molecular formula is C15H25NS. The van der Waals surface area contributed by atoms with E-state index in [1.807, 2.05) is 11.3 Å². The Kier molecular flexibility index (Phi) is 4.26. The summed E-state index contributed by atoms with van der Waals surface area (Å²) in [6, 6.07) is 2.97. The zero-order valence-electron chi connectivity index (χ0n) is 11.5. The minimum Gasteiger partial charge on any atom is -0.312 e. The zero-order valence-corrected chi connectivity index (χ0v) is 12.4. The highest BCUT2D eigenvalue weighted by Gasteiger charge is 2.27. The van der Waals surface area contributed by atoms with Gasteiger partial charge in [-0.1, -0.05) is 19.8 Å². The molecule has 1 aromatic rings. The van der Waals surface area contributed by atoms with Crippen molar-refractivity contribution in [3.8, 4) is 0 Å². The van der Waals surface area contributed by atoms with E-state index < -0.39 is 0 Å². The second-order valence-corrected chi connectivity index (χ2v) is 6.97. The summed E-state index contributed by atoms with van der Waals surface area (Å²) in [5, 5.41) is 3.56. The van der Waals surface area contributed by atoms with Crippen LogP contribution in [0.25, 0.3) is 0 Å². The van der Waals surface area contributed by atoms with Crippen LogP contribution in [-0.4, -0.2) is 7.05 Å². The smallest absolute Gasteiger partial charge is 0.0441 e. The van der Waals surface area contributed by atoms with Crippen molar-refractivity contribution in [3.05, 3.63) is 21.4 Å².